The first kappa shape index (κ1) is 15.4. The fourth-order valence-electron chi connectivity index (χ4n) is 2.58. The molecule has 0 radical (unpaired) electrons. The van der Waals surface area contributed by atoms with Gasteiger partial charge in [0.15, 0.2) is 0 Å². The summed E-state index contributed by atoms with van der Waals surface area (Å²) in [6.45, 7) is 3.14. The molecule has 1 aliphatic rings. The molecule has 0 saturated heterocycles. The van der Waals surface area contributed by atoms with Crippen LogP contribution in [0.2, 0.25) is 0 Å². The van der Waals surface area contributed by atoms with Crippen molar-refractivity contribution in [3.63, 3.8) is 0 Å². The molecule has 3 heterocycles. The molecule has 0 atom stereocenters. The van der Waals surface area contributed by atoms with Crippen LogP contribution in [0, 0.1) is 17.0 Å². The van der Waals surface area contributed by atoms with Gasteiger partial charge in [0.25, 0.3) is 5.69 Å². The number of hydrogen-bond donors (Lipinski definition) is 1. The molecule has 0 unspecified atom stereocenters. The topological polar surface area (TPSA) is 88.4 Å². The van der Waals surface area contributed by atoms with E-state index in [0.717, 1.165) is 13.0 Å². The molecule has 7 nitrogen and oxygen atoms in total. The maximum Gasteiger partial charge on any atom is 0.290 e. The van der Waals surface area contributed by atoms with Gasteiger partial charge in [-0.3, -0.25) is 14.9 Å². The fourth-order valence-corrected chi connectivity index (χ4v) is 3.47. The molecule has 0 spiro atoms. The predicted molar refractivity (Wildman–Crippen MR) is 87.6 cm³/mol. The number of pyridine rings is 1. The number of rotatable bonds is 4. The van der Waals surface area contributed by atoms with Gasteiger partial charge in [-0.1, -0.05) is 0 Å². The van der Waals surface area contributed by atoms with Crippen LogP contribution < -0.4 is 5.32 Å². The third kappa shape index (κ3) is 3.31. The van der Waals surface area contributed by atoms with E-state index in [9.17, 15) is 14.9 Å². The number of nitrogens with zero attached hydrogens (tertiary/aromatic N) is 3. The Hall–Kier alpha value is -2.48. The second kappa shape index (κ2) is 6.33. The molecule has 3 rings (SSSR count). The van der Waals surface area contributed by atoms with E-state index >= 15 is 0 Å². The number of hydrogen-bond acceptors (Lipinski definition) is 6. The van der Waals surface area contributed by atoms with E-state index in [4.69, 9.17) is 0 Å². The van der Waals surface area contributed by atoms with Gasteiger partial charge in [-0.15, -0.1) is 11.3 Å². The lowest BCUT2D eigenvalue weighted by atomic mass is 10.1. The van der Waals surface area contributed by atoms with Crippen LogP contribution in [-0.4, -0.2) is 33.8 Å². The molecule has 2 aromatic heterocycles. The average Bonchev–Trinajstić information content (AvgIpc) is 2.99. The van der Waals surface area contributed by atoms with Crippen molar-refractivity contribution in [2.45, 2.75) is 19.9 Å². The number of aryl methyl sites for hydroxylation is 1. The van der Waals surface area contributed by atoms with Gasteiger partial charge in [0.05, 0.1) is 11.5 Å². The molecule has 0 fully saturated rings. The molecule has 1 amide bonds. The summed E-state index contributed by atoms with van der Waals surface area (Å²) in [7, 11) is 0. The summed E-state index contributed by atoms with van der Waals surface area (Å²) in [4.78, 5) is 29.8. The summed E-state index contributed by atoms with van der Waals surface area (Å²) in [5.74, 6) is 0.467. The summed E-state index contributed by atoms with van der Waals surface area (Å²) in [5.41, 5.74) is 1.71. The Bertz CT molecular complexity index is 759. The van der Waals surface area contributed by atoms with Crippen LogP contribution in [0.25, 0.3) is 0 Å². The lowest BCUT2D eigenvalue weighted by molar-refractivity contribution is -0.385. The first-order chi connectivity index (χ1) is 11.0. The van der Waals surface area contributed by atoms with Gasteiger partial charge in [-0.05, 0) is 36.4 Å². The average molecular weight is 332 g/mol. The highest BCUT2D eigenvalue weighted by Crippen LogP contribution is 2.24. The van der Waals surface area contributed by atoms with Gasteiger partial charge >= 0.3 is 0 Å². The smallest absolute Gasteiger partial charge is 0.290 e. The van der Waals surface area contributed by atoms with E-state index < -0.39 is 4.92 Å². The normalized spacial score (nSPS) is 13.5. The van der Waals surface area contributed by atoms with Gasteiger partial charge in [-0.2, -0.15) is 0 Å². The molecule has 0 aliphatic carbocycles. The van der Waals surface area contributed by atoms with Gasteiger partial charge in [-0.25, -0.2) is 4.98 Å². The van der Waals surface area contributed by atoms with Crippen molar-refractivity contribution >= 4 is 28.7 Å². The second-order valence-electron chi connectivity index (χ2n) is 5.40. The molecule has 2 aromatic rings. The van der Waals surface area contributed by atoms with Crippen LogP contribution in [0.15, 0.2) is 23.7 Å². The van der Waals surface area contributed by atoms with Gasteiger partial charge in [0.1, 0.15) is 12.0 Å². The highest BCUT2D eigenvalue weighted by Gasteiger charge is 2.21. The van der Waals surface area contributed by atoms with E-state index in [0.29, 0.717) is 17.9 Å². The molecule has 0 aromatic carbocycles. The molecule has 8 heteroatoms. The summed E-state index contributed by atoms with van der Waals surface area (Å²) in [6.07, 6.45) is 2.11. The largest absolute Gasteiger partial charge is 0.361 e. The highest BCUT2D eigenvalue weighted by atomic mass is 32.1. The summed E-state index contributed by atoms with van der Waals surface area (Å²) in [5, 5.41) is 15.8. The second-order valence-corrected chi connectivity index (χ2v) is 6.40. The third-order valence-electron chi connectivity index (χ3n) is 3.86. The molecule has 0 saturated carbocycles. The first-order valence-electron chi connectivity index (χ1n) is 7.22. The number of carbonyl (C=O) groups excluding carboxylic acids is 1. The van der Waals surface area contributed by atoms with Crippen molar-refractivity contribution in [1.29, 1.82) is 0 Å². The molecular weight excluding hydrogens is 316 g/mol. The number of carbonyl (C=O) groups is 1. The Morgan fingerprint density at radius 3 is 3.13 bits per heavy atom. The highest BCUT2D eigenvalue weighted by molar-refractivity contribution is 7.10. The van der Waals surface area contributed by atoms with E-state index in [1.165, 1.54) is 16.6 Å². The van der Waals surface area contributed by atoms with Crippen LogP contribution in [0.5, 0.6) is 0 Å². The maximum absolute atomic E-state index is 12.3. The Labute approximate surface area is 137 Å². The van der Waals surface area contributed by atoms with Crippen molar-refractivity contribution in [1.82, 2.24) is 9.88 Å². The number of aromatic nitrogens is 1. The van der Waals surface area contributed by atoms with Crippen molar-refractivity contribution in [3.05, 3.63) is 49.8 Å². The Kier molecular flexibility index (Phi) is 4.24. The minimum absolute atomic E-state index is 0.000319. The summed E-state index contributed by atoms with van der Waals surface area (Å²) < 4.78 is 0. The van der Waals surface area contributed by atoms with Crippen LogP contribution in [0.1, 0.15) is 16.0 Å². The van der Waals surface area contributed by atoms with Gasteiger partial charge in [0.2, 0.25) is 5.91 Å². The first-order valence-corrected chi connectivity index (χ1v) is 8.10. The number of amides is 1. The standard InChI is InChI=1S/C15H16N4O3S/c1-10-6-14(16-7-12(10)19(21)22)17-8-15(20)18-4-2-13-11(9-18)3-5-23-13/h3,5-7H,2,4,8-9H2,1H3,(H,16,17). The Balaban J connectivity index is 1.59. The molecule has 120 valence electrons. The van der Waals surface area contributed by atoms with Crippen molar-refractivity contribution in [2.75, 3.05) is 18.4 Å². The SMILES string of the molecule is Cc1cc(NCC(=O)N2CCc3sccc3C2)ncc1[N+](=O)[O-]. The zero-order valence-corrected chi connectivity index (χ0v) is 13.4. The lowest BCUT2D eigenvalue weighted by Crippen LogP contribution is -2.38. The van der Waals surface area contributed by atoms with Crippen LogP contribution in [-0.2, 0) is 17.8 Å². The molecule has 0 bridgehead atoms. The van der Waals surface area contributed by atoms with Crippen LogP contribution in [0.3, 0.4) is 0 Å². The number of thiophene rings is 1. The van der Waals surface area contributed by atoms with Crippen LogP contribution >= 0.6 is 11.3 Å². The zero-order chi connectivity index (χ0) is 16.4. The minimum Gasteiger partial charge on any atom is -0.361 e. The molecule has 1 N–H and O–H groups in total. The van der Waals surface area contributed by atoms with Gasteiger partial charge in [0, 0.05) is 23.5 Å². The number of anilines is 1. The number of nitro groups is 1. The fraction of sp³-hybridized carbons (Fsp3) is 0.333. The zero-order valence-electron chi connectivity index (χ0n) is 12.6. The predicted octanol–water partition coefficient (Wildman–Crippen LogP) is 2.36. The molecule has 1 aliphatic heterocycles. The lowest BCUT2D eigenvalue weighted by Gasteiger charge is -2.27. The monoisotopic (exact) mass is 332 g/mol. The van der Waals surface area contributed by atoms with E-state index in [-0.39, 0.29) is 18.1 Å². The number of nitrogens with one attached hydrogen (secondary N) is 1. The van der Waals surface area contributed by atoms with E-state index in [2.05, 4.69) is 21.7 Å². The Morgan fingerprint density at radius 1 is 1.57 bits per heavy atom. The minimum atomic E-state index is -0.469. The molecule has 23 heavy (non-hydrogen) atoms. The van der Waals surface area contributed by atoms with Crippen LogP contribution in [0.4, 0.5) is 11.5 Å². The third-order valence-corrected chi connectivity index (χ3v) is 4.88. The molecular formula is C15H16N4O3S. The maximum atomic E-state index is 12.3. The van der Waals surface area contributed by atoms with Crippen molar-refractivity contribution < 1.29 is 9.72 Å². The quantitative estimate of drug-likeness (QED) is 0.686. The van der Waals surface area contributed by atoms with E-state index in [1.807, 2.05) is 4.90 Å². The summed E-state index contributed by atoms with van der Waals surface area (Å²) in [6, 6.07) is 3.65. The van der Waals surface area contributed by atoms with E-state index in [1.54, 1.807) is 24.3 Å². The van der Waals surface area contributed by atoms with Gasteiger partial charge < -0.3 is 10.2 Å². The van der Waals surface area contributed by atoms with Crippen molar-refractivity contribution in [3.8, 4) is 0 Å². The summed E-state index contributed by atoms with van der Waals surface area (Å²) >= 11 is 1.74. The van der Waals surface area contributed by atoms with Crippen molar-refractivity contribution in [2.24, 2.45) is 0 Å². The number of fused-ring (bicyclic) bond motifs is 1. The Morgan fingerprint density at radius 2 is 2.39 bits per heavy atom.